The molecule has 0 aromatic carbocycles. The largest absolute Gasteiger partial charge is 0.805 e. The predicted octanol–water partition coefficient (Wildman–Crippen LogP) is 0.336. The van der Waals surface area contributed by atoms with Crippen molar-refractivity contribution in [3.63, 3.8) is 0 Å². The second-order valence-electron chi connectivity index (χ2n) is 2.30. The summed E-state index contributed by atoms with van der Waals surface area (Å²) < 4.78 is 10.6. The van der Waals surface area contributed by atoms with Crippen molar-refractivity contribution < 1.29 is 14.4 Å². The Hall–Kier alpha value is -0.360. The molecule has 0 aliphatic rings. The zero-order valence-corrected chi connectivity index (χ0v) is 7.43. The van der Waals surface area contributed by atoms with Crippen LogP contribution in [0.2, 0.25) is 0 Å². The highest BCUT2D eigenvalue weighted by Crippen LogP contribution is 2.48. The van der Waals surface area contributed by atoms with Gasteiger partial charge in [-0.2, -0.15) is 0 Å². The van der Waals surface area contributed by atoms with E-state index in [9.17, 15) is 14.4 Å². The van der Waals surface area contributed by atoms with Crippen LogP contribution in [0.5, 0.6) is 0 Å². The number of hydrogen-bond donors (Lipinski definition) is 0. The average molecular weight is 175 g/mol. The van der Waals surface area contributed by atoms with Crippen molar-refractivity contribution in [3.8, 4) is 0 Å². The van der Waals surface area contributed by atoms with Gasteiger partial charge in [0.05, 0.1) is 0 Å². The number of rotatable bonds is 3. The van der Waals surface area contributed by atoms with Gasteiger partial charge in [0, 0.05) is 20.4 Å². The van der Waals surface area contributed by atoms with Gasteiger partial charge in [-0.25, -0.2) is 6.57 Å². The van der Waals surface area contributed by atoms with E-state index in [1.54, 1.807) is 0 Å². The Bertz CT molecular complexity index is 210. The van der Waals surface area contributed by atoms with Gasteiger partial charge in [-0.1, -0.05) is 13.8 Å². The van der Waals surface area contributed by atoms with Crippen molar-refractivity contribution >= 4 is 7.60 Å². The maximum absolute atomic E-state index is 10.6. The molecular weight excluding hydrogens is 165 g/mol. The Morgan fingerprint density at radius 1 is 1.45 bits per heavy atom. The molecule has 64 valence electrons. The van der Waals surface area contributed by atoms with Gasteiger partial charge in [0.15, 0.2) is 0 Å². The highest BCUT2D eigenvalue weighted by Gasteiger charge is 2.36. The molecule has 0 heterocycles. The van der Waals surface area contributed by atoms with Crippen LogP contribution < -0.4 is 9.79 Å². The van der Waals surface area contributed by atoms with Gasteiger partial charge < -0.3 is 19.2 Å². The fourth-order valence-electron chi connectivity index (χ4n) is 0.857. The van der Waals surface area contributed by atoms with Gasteiger partial charge in [0.25, 0.3) is 5.28 Å². The van der Waals surface area contributed by atoms with Crippen LogP contribution in [0.3, 0.4) is 0 Å². The third kappa shape index (κ3) is 1.81. The molecule has 0 fully saturated rings. The van der Waals surface area contributed by atoms with Crippen molar-refractivity contribution in [2.45, 2.75) is 32.0 Å². The summed E-state index contributed by atoms with van der Waals surface area (Å²) in [6, 6.07) is 0. The van der Waals surface area contributed by atoms with Crippen LogP contribution in [-0.4, -0.2) is 5.28 Å². The Balaban J connectivity index is 4.90. The molecule has 0 saturated carbocycles. The summed E-state index contributed by atoms with van der Waals surface area (Å²) in [5, 5.41) is -1.70. The van der Waals surface area contributed by atoms with E-state index in [2.05, 4.69) is 4.85 Å². The van der Waals surface area contributed by atoms with E-state index in [4.69, 9.17) is 6.57 Å². The van der Waals surface area contributed by atoms with Crippen LogP contribution in [0.1, 0.15) is 26.7 Å². The van der Waals surface area contributed by atoms with Crippen molar-refractivity contribution in [3.05, 3.63) is 11.4 Å². The zero-order chi connectivity index (χ0) is 9.12. The normalized spacial score (nSPS) is 12.6. The highest BCUT2D eigenvalue weighted by atomic mass is 31.2. The maximum Gasteiger partial charge on any atom is 0.254 e. The smallest absolute Gasteiger partial charge is 0.254 e. The lowest BCUT2D eigenvalue weighted by atomic mass is 10.2. The van der Waals surface area contributed by atoms with Gasteiger partial charge in [-0.15, -0.1) is 0 Å². The summed E-state index contributed by atoms with van der Waals surface area (Å²) in [5.74, 6) is 0. The second-order valence-corrected chi connectivity index (χ2v) is 4.13. The molecule has 0 rings (SSSR count). The molecule has 5 heteroatoms. The van der Waals surface area contributed by atoms with Gasteiger partial charge >= 0.3 is 0 Å². The maximum atomic E-state index is 10.6. The van der Waals surface area contributed by atoms with Gasteiger partial charge in [0.1, 0.15) is 0 Å². The van der Waals surface area contributed by atoms with Crippen LogP contribution in [0.25, 0.3) is 4.85 Å². The highest BCUT2D eigenvalue weighted by molar-refractivity contribution is 7.50. The van der Waals surface area contributed by atoms with Crippen molar-refractivity contribution in [2.75, 3.05) is 0 Å². The molecule has 11 heavy (non-hydrogen) atoms. The second kappa shape index (κ2) is 3.36. The summed E-state index contributed by atoms with van der Waals surface area (Å²) in [6.07, 6.45) is 0.133. The molecule has 0 unspecified atom stereocenters. The van der Waals surface area contributed by atoms with Crippen LogP contribution in [-0.2, 0) is 4.57 Å². The summed E-state index contributed by atoms with van der Waals surface area (Å²) in [6.45, 7) is 9.68. The summed E-state index contributed by atoms with van der Waals surface area (Å²) in [5.41, 5.74) is 0. The Kier molecular flexibility index (Phi) is 3.25. The fraction of sp³-hybridized carbons (Fsp3) is 0.833. The van der Waals surface area contributed by atoms with E-state index in [-0.39, 0.29) is 12.8 Å². The zero-order valence-electron chi connectivity index (χ0n) is 6.53. The topological polar surface area (TPSA) is 67.5 Å². The minimum absolute atomic E-state index is 0.0667. The van der Waals surface area contributed by atoms with Crippen LogP contribution >= 0.6 is 7.60 Å². The van der Waals surface area contributed by atoms with E-state index >= 15 is 0 Å². The Morgan fingerprint density at radius 3 is 1.82 bits per heavy atom. The van der Waals surface area contributed by atoms with Gasteiger partial charge in [-0.05, 0) is 0 Å². The molecule has 0 atom stereocenters. The Labute approximate surface area is 66.2 Å². The van der Waals surface area contributed by atoms with Crippen LogP contribution in [0, 0.1) is 6.57 Å². The lowest BCUT2D eigenvalue weighted by molar-refractivity contribution is -0.319. The SMILES string of the molecule is [C-]#[N+]C(CC)(CC)P(=O)([O-])[O-]. The molecule has 0 aromatic heterocycles. The molecule has 0 aromatic rings. The van der Waals surface area contributed by atoms with E-state index in [0.717, 1.165) is 0 Å². The van der Waals surface area contributed by atoms with E-state index < -0.39 is 12.9 Å². The quantitative estimate of drug-likeness (QED) is 0.458. The minimum atomic E-state index is -4.76. The van der Waals surface area contributed by atoms with Crippen LogP contribution in [0.15, 0.2) is 0 Å². The average Bonchev–Trinajstić information content (AvgIpc) is 1.90. The van der Waals surface area contributed by atoms with Gasteiger partial charge in [0.2, 0.25) is 0 Å². The first-order valence-corrected chi connectivity index (χ1v) is 4.88. The molecule has 0 amide bonds. The predicted molar refractivity (Wildman–Crippen MR) is 37.5 cm³/mol. The summed E-state index contributed by atoms with van der Waals surface area (Å²) >= 11 is 0. The standard InChI is InChI=1S/C6H12NO3P/c1-4-6(5-2,7-3)11(8,9)10/h4-5H2,1-2H3,(H2,8,9,10)/p-2. The molecule has 0 saturated heterocycles. The minimum Gasteiger partial charge on any atom is -0.805 e. The van der Waals surface area contributed by atoms with E-state index in [0.29, 0.717) is 0 Å². The molecular formula is C6H10NO3P-2. The summed E-state index contributed by atoms with van der Waals surface area (Å²) in [7, 11) is -4.76. The molecule has 0 bridgehead atoms. The molecule has 0 aliphatic heterocycles. The number of hydrogen-bond acceptors (Lipinski definition) is 3. The monoisotopic (exact) mass is 175 g/mol. The van der Waals surface area contributed by atoms with Gasteiger partial charge in [-0.3, -0.25) is 0 Å². The number of nitrogens with zero attached hydrogens (tertiary/aromatic N) is 1. The Morgan fingerprint density at radius 2 is 1.82 bits per heavy atom. The third-order valence-electron chi connectivity index (χ3n) is 1.85. The van der Waals surface area contributed by atoms with Crippen LogP contribution in [0.4, 0.5) is 0 Å². The molecule has 0 aliphatic carbocycles. The fourth-order valence-corrected chi connectivity index (χ4v) is 1.75. The van der Waals surface area contributed by atoms with E-state index in [1.165, 1.54) is 13.8 Å². The molecule has 0 N–H and O–H groups in total. The van der Waals surface area contributed by atoms with Crippen molar-refractivity contribution in [2.24, 2.45) is 0 Å². The van der Waals surface area contributed by atoms with Crippen molar-refractivity contribution in [1.29, 1.82) is 0 Å². The lowest BCUT2D eigenvalue weighted by Crippen LogP contribution is -2.35. The molecule has 4 nitrogen and oxygen atoms in total. The molecule has 0 radical (unpaired) electrons. The molecule has 0 spiro atoms. The lowest BCUT2D eigenvalue weighted by Gasteiger charge is -2.38. The first kappa shape index (κ1) is 10.6. The summed E-state index contributed by atoms with van der Waals surface area (Å²) in [4.78, 5) is 24.1. The first-order valence-electron chi connectivity index (χ1n) is 3.34. The van der Waals surface area contributed by atoms with E-state index in [1.807, 2.05) is 0 Å². The third-order valence-corrected chi connectivity index (χ3v) is 3.60. The van der Waals surface area contributed by atoms with Crippen molar-refractivity contribution in [1.82, 2.24) is 0 Å². The first-order chi connectivity index (χ1) is 4.93.